The lowest BCUT2D eigenvalue weighted by Gasteiger charge is -2.26. The Morgan fingerprint density at radius 2 is 1.50 bits per heavy atom. The summed E-state index contributed by atoms with van der Waals surface area (Å²) in [6, 6.07) is 0. The molecule has 0 unspecified atom stereocenters. The SMILES string of the molecule is C=C(C(=O)C(C)(C)C)C(C)(C)N. The van der Waals surface area contributed by atoms with E-state index in [4.69, 9.17) is 5.73 Å². The molecular formula is C10H19NO. The van der Waals surface area contributed by atoms with Crippen LogP contribution in [0.15, 0.2) is 12.2 Å². The molecule has 2 nitrogen and oxygen atoms in total. The summed E-state index contributed by atoms with van der Waals surface area (Å²) in [5, 5.41) is 0. The van der Waals surface area contributed by atoms with Gasteiger partial charge >= 0.3 is 0 Å². The molecule has 0 aromatic rings. The third-order valence-corrected chi connectivity index (χ3v) is 1.73. The zero-order valence-corrected chi connectivity index (χ0v) is 8.69. The number of hydrogen-bond acceptors (Lipinski definition) is 2. The molecule has 0 rings (SSSR count). The number of nitrogens with two attached hydrogens (primary N) is 1. The summed E-state index contributed by atoms with van der Waals surface area (Å²) >= 11 is 0. The average molecular weight is 169 g/mol. The Balaban J connectivity index is 4.66. The van der Waals surface area contributed by atoms with Crippen molar-refractivity contribution in [3.8, 4) is 0 Å². The molecule has 0 bridgehead atoms. The van der Waals surface area contributed by atoms with Gasteiger partial charge in [-0.25, -0.2) is 0 Å². The third kappa shape index (κ3) is 2.78. The number of rotatable bonds is 2. The zero-order chi connectivity index (χ0) is 10.2. The second kappa shape index (κ2) is 3.02. The predicted molar refractivity (Wildman–Crippen MR) is 51.9 cm³/mol. The van der Waals surface area contributed by atoms with Crippen LogP contribution in [0.25, 0.3) is 0 Å². The number of carbonyl (C=O) groups is 1. The largest absolute Gasteiger partial charge is 0.322 e. The van der Waals surface area contributed by atoms with E-state index < -0.39 is 5.54 Å². The van der Waals surface area contributed by atoms with Gasteiger partial charge in [0.1, 0.15) is 0 Å². The topological polar surface area (TPSA) is 43.1 Å². The van der Waals surface area contributed by atoms with Crippen molar-refractivity contribution in [2.24, 2.45) is 11.1 Å². The Labute approximate surface area is 74.8 Å². The van der Waals surface area contributed by atoms with E-state index in [0.717, 1.165) is 0 Å². The zero-order valence-electron chi connectivity index (χ0n) is 8.69. The van der Waals surface area contributed by atoms with Gasteiger partial charge in [0.2, 0.25) is 0 Å². The van der Waals surface area contributed by atoms with Gasteiger partial charge in [0, 0.05) is 16.5 Å². The molecule has 0 aromatic heterocycles. The molecule has 0 amide bonds. The highest BCUT2D eigenvalue weighted by atomic mass is 16.1. The second-order valence-electron chi connectivity index (χ2n) is 4.78. The normalized spacial score (nSPS) is 12.8. The standard InChI is InChI=1S/C10H19NO/c1-7(10(5,6)11)8(12)9(2,3)4/h1,11H2,2-6H3. The van der Waals surface area contributed by atoms with Crippen LogP contribution in [0.5, 0.6) is 0 Å². The van der Waals surface area contributed by atoms with Gasteiger partial charge in [-0.3, -0.25) is 4.79 Å². The van der Waals surface area contributed by atoms with Crippen molar-refractivity contribution in [1.82, 2.24) is 0 Å². The lowest BCUT2D eigenvalue weighted by molar-refractivity contribution is -0.123. The van der Waals surface area contributed by atoms with Crippen LogP contribution in [0.4, 0.5) is 0 Å². The monoisotopic (exact) mass is 169 g/mol. The maximum atomic E-state index is 11.6. The van der Waals surface area contributed by atoms with Crippen LogP contribution in [-0.2, 0) is 4.79 Å². The summed E-state index contributed by atoms with van der Waals surface area (Å²) in [6.07, 6.45) is 0. The predicted octanol–water partition coefficient (Wildman–Crippen LogP) is 1.90. The number of hydrogen-bond donors (Lipinski definition) is 1. The highest BCUT2D eigenvalue weighted by Gasteiger charge is 2.30. The Hall–Kier alpha value is -0.630. The minimum Gasteiger partial charge on any atom is -0.322 e. The van der Waals surface area contributed by atoms with Crippen molar-refractivity contribution in [3.63, 3.8) is 0 Å². The van der Waals surface area contributed by atoms with Gasteiger partial charge in [0.05, 0.1) is 0 Å². The summed E-state index contributed by atoms with van der Waals surface area (Å²) in [7, 11) is 0. The lowest BCUT2D eigenvalue weighted by atomic mass is 9.80. The Morgan fingerprint density at radius 3 is 1.58 bits per heavy atom. The van der Waals surface area contributed by atoms with Crippen molar-refractivity contribution in [3.05, 3.63) is 12.2 Å². The van der Waals surface area contributed by atoms with Gasteiger partial charge in [-0.2, -0.15) is 0 Å². The van der Waals surface area contributed by atoms with Crippen molar-refractivity contribution < 1.29 is 4.79 Å². The molecule has 2 N–H and O–H groups in total. The molecule has 70 valence electrons. The third-order valence-electron chi connectivity index (χ3n) is 1.73. The van der Waals surface area contributed by atoms with Crippen molar-refractivity contribution in [2.75, 3.05) is 0 Å². The number of Topliss-reactive ketones (excluding diaryl/α,β-unsaturated/α-hetero) is 1. The Kier molecular flexibility index (Phi) is 2.86. The van der Waals surface area contributed by atoms with E-state index in [0.29, 0.717) is 5.57 Å². The van der Waals surface area contributed by atoms with E-state index in [1.165, 1.54) is 0 Å². The van der Waals surface area contributed by atoms with Crippen LogP contribution in [-0.4, -0.2) is 11.3 Å². The molecule has 0 aromatic carbocycles. The molecule has 0 heterocycles. The molecule has 0 fully saturated rings. The first-order valence-electron chi connectivity index (χ1n) is 4.10. The molecule has 12 heavy (non-hydrogen) atoms. The van der Waals surface area contributed by atoms with E-state index in [-0.39, 0.29) is 11.2 Å². The van der Waals surface area contributed by atoms with Gasteiger partial charge in [-0.15, -0.1) is 0 Å². The van der Waals surface area contributed by atoms with Crippen LogP contribution < -0.4 is 5.73 Å². The smallest absolute Gasteiger partial charge is 0.165 e. The highest BCUT2D eigenvalue weighted by Crippen LogP contribution is 2.23. The maximum absolute atomic E-state index is 11.6. The first kappa shape index (κ1) is 11.4. The Bertz CT molecular complexity index is 179. The van der Waals surface area contributed by atoms with Crippen LogP contribution in [0.1, 0.15) is 34.6 Å². The number of carbonyl (C=O) groups excluding carboxylic acids is 1. The van der Waals surface area contributed by atoms with Gasteiger partial charge in [0.25, 0.3) is 0 Å². The molecule has 0 aliphatic rings. The minimum absolute atomic E-state index is 0.0370. The van der Waals surface area contributed by atoms with E-state index in [9.17, 15) is 4.79 Å². The van der Waals surface area contributed by atoms with Crippen LogP contribution in [0, 0.1) is 5.41 Å². The molecular weight excluding hydrogens is 150 g/mol. The number of ketones is 1. The van der Waals surface area contributed by atoms with Crippen LogP contribution in [0.3, 0.4) is 0 Å². The maximum Gasteiger partial charge on any atom is 0.165 e. The summed E-state index contributed by atoms with van der Waals surface area (Å²) < 4.78 is 0. The van der Waals surface area contributed by atoms with Gasteiger partial charge in [-0.05, 0) is 13.8 Å². The fourth-order valence-corrected chi connectivity index (χ4v) is 0.745. The molecule has 0 radical (unpaired) electrons. The van der Waals surface area contributed by atoms with Gasteiger partial charge < -0.3 is 5.73 Å². The second-order valence-corrected chi connectivity index (χ2v) is 4.78. The Morgan fingerprint density at radius 1 is 1.17 bits per heavy atom. The molecule has 0 atom stereocenters. The molecule has 0 aliphatic carbocycles. The molecule has 0 saturated heterocycles. The lowest BCUT2D eigenvalue weighted by Crippen LogP contribution is -2.40. The van der Waals surface area contributed by atoms with Gasteiger partial charge in [-0.1, -0.05) is 27.4 Å². The van der Waals surface area contributed by atoms with Crippen LogP contribution in [0.2, 0.25) is 0 Å². The fraction of sp³-hybridized carbons (Fsp3) is 0.700. The summed E-state index contributed by atoms with van der Waals surface area (Å²) in [5.74, 6) is 0.0370. The first-order valence-corrected chi connectivity index (χ1v) is 4.10. The molecule has 2 heteroatoms. The summed E-state index contributed by atoms with van der Waals surface area (Å²) in [5.41, 5.74) is 5.26. The molecule has 0 spiro atoms. The van der Waals surface area contributed by atoms with E-state index in [1.54, 1.807) is 13.8 Å². The molecule has 0 saturated carbocycles. The van der Waals surface area contributed by atoms with Crippen LogP contribution >= 0.6 is 0 Å². The summed E-state index contributed by atoms with van der Waals surface area (Å²) in [6.45, 7) is 12.9. The van der Waals surface area contributed by atoms with Gasteiger partial charge in [0.15, 0.2) is 5.78 Å². The van der Waals surface area contributed by atoms with Crippen molar-refractivity contribution >= 4 is 5.78 Å². The quantitative estimate of drug-likeness (QED) is 0.641. The first-order chi connectivity index (χ1) is 5.07. The van der Waals surface area contributed by atoms with Crippen molar-refractivity contribution in [2.45, 2.75) is 40.2 Å². The summed E-state index contributed by atoms with van der Waals surface area (Å²) in [4.78, 5) is 11.6. The van der Waals surface area contributed by atoms with E-state index in [1.807, 2.05) is 20.8 Å². The average Bonchev–Trinajstić information content (AvgIpc) is 1.80. The highest BCUT2D eigenvalue weighted by molar-refractivity contribution is 6.00. The fourth-order valence-electron chi connectivity index (χ4n) is 0.745. The minimum atomic E-state index is -0.607. The van der Waals surface area contributed by atoms with E-state index >= 15 is 0 Å². The molecule has 0 aliphatic heterocycles. The van der Waals surface area contributed by atoms with E-state index in [2.05, 4.69) is 6.58 Å². The van der Waals surface area contributed by atoms with Crippen molar-refractivity contribution in [1.29, 1.82) is 0 Å².